The van der Waals surface area contributed by atoms with Gasteiger partial charge in [0.1, 0.15) is 0 Å². The minimum absolute atomic E-state index is 0.137. The number of carbonyl (C=O) groups is 1. The Hall–Kier alpha value is -0.950. The Morgan fingerprint density at radius 1 is 1.00 bits per heavy atom. The molecule has 0 aromatic rings. The Bertz CT molecular complexity index is 832. The van der Waals surface area contributed by atoms with E-state index in [-0.39, 0.29) is 29.1 Å². The third-order valence-electron chi connectivity index (χ3n) is 10.7. The smallest absolute Gasteiger partial charge is 0.335 e. The van der Waals surface area contributed by atoms with Crippen LogP contribution in [0.4, 0.5) is 0 Å². The quantitative estimate of drug-likeness (QED) is 0.629. The summed E-state index contributed by atoms with van der Waals surface area (Å²) in [4.78, 5) is 11.5. The summed E-state index contributed by atoms with van der Waals surface area (Å²) in [5.74, 6) is 0.234. The van der Waals surface area contributed by atoms with E-state index in [1.54, 1.807) is 5.57 Å². The highest BCUT2D eigenvalue weighted by atomic mass is 16.8. The Balaban J connectivity index is 1.25. The van der Waals surface area contributed by atoms with Gasteiger partial charge in [0.2, 0.25) is 0 Å². The van der Waals surface area contributed by atoms with Gasteiger partial charge in [0, 0.05) is 18.8 Å². The fourth-order valence-corrected chi connectivity index (χ4v) is 9.11. The van der Waals surface area contributed by atoms with Gasteiger partial charge in [0.25, 0.3) is 0 Å². The molecule has 2 saturated heterocycles. The van der Waals surface area contributed by atoms with Gasteiger partial charge in [-0.1, -0.05) is 25.5 Å². The van der Waals surface area contributed by atoms with Gasteiger partial charge < -0.3 is 24.1 Å². The molecule has 1 spiro atoms. The molecule has 3 saturated carbocycles. The van der Waals surface area contributed by atoms with E-state index in [9.17, 15) is 9.90 Å². The number of fused-ring (bicyclic) bond motifs is 5. The average Bonchev–Trinajstić information content (AvgIpc) is 3.46. The topological polar surface area (TPSA) is 74.2 Å². The summed E-state index contributed by atoms with van der Waals surface area (Å²) >= 11 is 0. The molecule has 2 heterocycles. The molecule has 0 amide bonds. The normalized spacial score (nSPS) is 51.7. The molecular weight excluding hydrogens is 408 g/mol. The average molecular weight is 447 g/mol. The molecule has 0 aromatic carbocycles. The van der Waals surface area contributed by atoms with E-state index < -0.39 is 17.9 Å². The van der Waals surface area contributed by atoms with Crippen LogP contribution in [0.1, 0.15) is 72.1 Å². The van der Waals surface area contributed by atoms with Crippen LogP contribution < -0.4 is 0 Å². The fraction of sp³-hybridized carbons (Fsp3) is 0.885. The van der Waals surface area contributed by atoms with Gasteiger partial charge in [0.05, 0.1) is 19.8 Å². The van der Waals surface area contributed by atoms with Crippen molar-refractivity contribution in [3.8, 4) is 0 Å². The first-order chi connectivity index (χ1) is 15.2. The number of carboxylic acid groups (broad SMARTS) is 1. The highest BCUT2D eigenvalue weighted by molar-refractivity contribution is 5.72. The second kappa shape index (κ2) is 7.03. The van der Waals surface area contributed by atoms with Crippen LogP contribution in [0.5, 0.6) is 0 Å². The first kappa shape index (κ1) is 21.6. The Labute approximate surface area is 191 Å². The summed E-state index contributed by atoms with van der Waals surface area (Å²) in [6.07, 6.45) is 10.6. The van der Waals surface area contributed by atoms with E-state index >= 15 is 0 Å². The van der Waals surface area contributed by atoms with Crippen molar-refractivity contribution in [2.75, 3.05) is 19.8 Å². The maximum atomic E-state index is 11.5. The van der Waals surface area contributed by atoms with E-state index in [1.807, 2.05) is 6.92 Å². The van der Waals surface area contributed by atoms with Gasteiger partial charge in [-0.15, -0.1) is 0 Å². The van der Waals surface area contributed by atoms with Crippen LogP contribution >= 0.6 is 0 Å². The van der Waals surface area contributed by atoms with Crippen molar-refractivity contribution in [1.82, 2.24) is 0 Å². The molecule has 6 nitrogen and oxygen atoms in total. The van der Waals surface area contributed by atoms with Crippen LogP contribution in [-0.4, -0.2) is 48.6 Å². The lowest BCUT2D eigenvalue weighted by Gasteiger charge is -2.59. The first-order valence-electron chi connectivity index (χ1n) is 12.7. The second-order valence-electron chi connectivity index (χ2n) is 12.0. The molecule has 2 aliphatic heterocycles. The molecular formula is C26H38O6. The van der Waals surface area contributed by atoms with E-state index in [1.165, 1.54) is 19.3 Å². The van der Waals surface area contributed by atoms with Crippen molar-refractivity contribution in [3.05, 3.63) is 11.6 Å². The molecule has 6 rings (SSSR count). The van der Waals surface area contributed by atoms with Crippen LogP contribution in [0.25, 0.3) is 0 Å². The highest BCUT2D eigenvalue weighted by Crippen LogP contribution is 2.68. The van der Waals surface area contributed by atoms with Crippen molar-refractivity contribution in [3.63, 3.8) is 0 Å². The summed E-state index contributed by atoms with van der Waals surface area (Å²) in [5, 5.41) is 9.42. The Kier molecular flexibility index (Phi) is 4.74. The SMILES string of the molecule is CC1([C@H]2CC[C@H]3[C@@H]4CC=C5CC6(CC[C@]5(C)[C@H]4CC[C@]23C)OCCO6)OCC(C(=O)O)O1. The minimum Gasteiger partial charge on any atom is -0.479 e. The van der Waals surface area contributed by atoms with Crippen molar-refractivity contribution in [1.29, 1.82) is 0 Å². The molecule has 2 unspecified atom stereocenters. The number of allylic oxidation sites excluding steroid dienone is 1. The molecule has 6 heteroatoms. The molecule has 178 valence electrons. The van der Waals surface area contributed by atoms with E-state index in [0.717, 1.165) is 45.3 Å². The first-order valence-corrected chi connectivity index (χ1v) is 12.7. The van der Waals surface area contributed by atoms with Crippen molar-refractivity contribution in [2.24, 2.45) is 34.5 Å². The summed E-state index contributed by atoms with van der Waals surface area (Å²) in [6.45, 7) is 8.55. The van der Waals surface area contributed by atoms with E-state index in [4.69, 9.17) is 18.9 Å². The van der Waals surface area contributed by atoms with Crippen LogP contribution in [-0.2, 0) is 23.7 Å². The lowest BCUT2D eigenvalue weighted by molar-refractivity contribution is -0.225. The zero-order chi connectivity index (χ0) is 22.4. The number of ether oxygens (including phenoxy) is 4. The van der Waals surface area contributed by atoms with Gasteiger partial charge >= 0.3 is 5.97 Å². The molecule has 0 radical (unpaired) electrons. The number of rotatable bonds is 2. The summed E-state index contributed by atoms with van der Waals surface area (Å²) in [7, 11) is 0. The fourth-order valence-electron chi connectivity index (χ4n) is 9.11. The number of aliphatic carboxylic acids is 1. The standard InChI is InChI=1S/C26H38O6/c1-23-10-11-26(29-12-13-30-26)14-16(23)4-5-17-18-6-7-21(24(18,2)9-8-19(17)23)25(3)31-15-20(32-25)22(27)28/h4,17-21H,5-15H2,1-3H3,(H,27,28)/t17-,18-,19-,20?,21-,23-,24-,25?/m0/s1. The molecule has 5 fully saturated rings. The van der Waals surface area contributed by atoms with Gasteiger partial charge in [-0.3, -0.25) is 0 Å². The van der Waals surface area contributed by atoms with Crippen LogP contribution in [0, 0.1) is 34.5 Å². The monoisotopic (exact) mass is 446 g/mol. The maximum absolute atomic E-state index is 11.5. The zero-order valence-corrected chi connectivity index (χ0v) is 19.7. The van der Waals surface area contributed by atoms with Crippen LogP contribution in [0.3, 0.4) is 0 Å². The molecule has 6 aliphatic rings. The van der Waals surface area contributed by atoms with Gasteiger partial charge in [0.15, 0.2) is 17.7 Å². The number of hydrogen-bond donors (Lipinski definition) is 1. The van der Waals surface area contributed by atoms with Gasteiger partial charge in [-0.2, -0.15) is 0 Å². The maximum Gasteiger partial charge on any atom is 0.335 e. The van der Waals surface area contributed by atoms with E-state index in [0.29, 0.717) is 17.8 Å². The molecule has 4 aliphatic carbocycles. The van der Waals surface area contributed by atoms with Gasteiger partial charge in [-0.25, -0.2) is 4.79 Å². The van der Waals surface area contributed by atoms with Crippen molar-refractivity contribution < 1.29 is 28.8 Å². The largest absolute Gasteiger partial charge is 0.479 e. The van der Waals surface area contributed by atoms with Gasteiger partial charge in [-0.05, 0) is 74.0 Å². The molecule has 8 atom stereocenters. The third kappa shape index (κ3) is 2.88. The lowest BCUT2D eigenvalue weighted by atomic mass is 9.47. The summed E-state index contributed by atoms with van der Waals surface area (Å²) < 4.78 is 24.3. The Morgan fingerprint density at radius 3 is 2.50 bits per heavy atom. The molecule has 1 N–H and O–H groups in total. The van der Waals surface area contributed by atoms with Crippen LogP contribution in [0.2, 0.25) is 0 Å². The van der Waals surface area contributed by atoms with Crippen LogP contribution in [0.15, 0.2) is 11.6 Å². The zero-order valence-electron chi connectivity index (χ0n) is 19.7. The molecule has 0 bridgehead atoms. The number of carboxylic acids is 1. The highest BCUT2D eigenvalue weighted by Gasteiger charge is 2.64. The predicted molar refractivity (Wildman–Crippen MR) is 117 cm³/mol. The van der Waals surface area contributed by atoms with Crippen molar-refractivity contribution in [2.45, 2.75) is 89.8 Å². The molecule has 32 heavy (non-hydrogen) atoms. The number of hydrogen-bond acceptors (Lipinski definition) is 5. The Morgan fingerprint density at radius 2 is 1.78 bits per heavy atom. The molecule has 0 aromatic heterocycles. The van der Waals surface area contributed by atoms with Crippen molar-refractivity contribution >= 4 is 5.97 Å². The second-order valence-corrected chi connectivity index (χ2v) is 12.0. The third-order valence-corrected chi connectivity index (χ3v) is 10.7. The predicted octanol–water partition coefficient (Wildman–Crippen LogP) is 4.52. The lowest BCUT2D eigenvalue weighted by Crippen LogP contribution is -2.54. The summed E-state index contributed by atoms with van der Waals surface area (Å²) in [6, 6.07) is 0. The summed E-state index contributed by atoms with van der Waals surface area (Å²) in [5.41, 5.74) is 1.96. The minimum atomic E-state index is -0.916. The van der Waals surface area contributed by atoms with E-state index in [2.05, 4.69) is 19.9 Å².